The molecule has 3 N–H and O–H groups in total. The van der Waals surface area contributed by atoms with Crippen LogP contribution in [0.4, 0.5) is 13.2 Å². The molecule has 2 aromatic rings. The Hall–Kier alpha value is -2.51. The lowest BCUT2D eigenvalue weighted by Crippen LogP contribution is -2.43. The summed E-state index contributed by atoms with van der Waals surface area (Å²) in [6.07, 6.45) is 1.20. The maximum Gasteiger partial charge on any atom is 0.326 e. The van der Waals surface area contributed by atoms with Gasteiger partial charge in [0.25, 0.3) is 5.91 Å². The Kier molecular flexibility index (Phi) is 4.15. The molecule has 21 heavy (non-hydrogen) atoms. The summed E-state index contributed by atoms with van der Waals surface area (Å²) in [5.41, 5.74) is 0.667. The number of nitrogens with one attached hydrogen (secondary N) is 2. The van der Waals surface area contributed by atoms with E-state index in [1.54, 1.807) is 0 Å². The van der Waals surface area contributed by atoms with E-state index in [2.05, 4.69) is 4.98 Å². The largest absolute Gasteiger partial charge is 0.480 e. The quantitative estimate of drug-likeness (QED) is 0.783. The van der Waals surface area contributed by atoms with Crippen molar-refractivity contribution in [1.82, 2.24) is 10.3 Å². The predicted octanol–water partition coefficient (Wildman–Crippen LogP) is 1.53. The van der Waals surface area contributed by atoms with Gasteiger partial charge in [-0.15, -0.1) is 0 Å². The van der Waals surface area contributed by atoms with Crippen LogP contribution in [0.25, 0.3) is 10.9 Å². The fraction of sp³-hybridized carbons (Fsp3) is 0.231. The summed E-state index contributed by atoms with van der Waals surface area (Å²) in [5, 5.41) is 11.3. The third-order valence-corrected chi connectivity index (χ3v) is 2.99. The summed E-state index contributed by atoms with van der Waals surface area (Å²) in [6, 6.07) is 0.525. The summed E-state index contributed by atoms with van der Waals surface area (Å²) in [7, 11) is 0. The molecule has 0 aliphatic heterocycles. The molecule has 1 atom stereocenters. The number of aliphatic carboxylic acids is 1. The van der Waals surface area contributed by atoms with Gasteiger partial charge in [0, 0.05) is 29.6 Å². The summed E-state index contributed by atoms with van der Waals surface area (Å²) >= 11 is 0. The van der Waals surface area contributed by atoms with Crippen molar-refractivity contribution in [2.24, 2.45) is 0 Å². The van der Waals surface area contributed by atoms with Gasteiger partial charge in [0.1, 0.15) is 6.04 Å². The lowest BCUT2D eigenvalue weighted by molar-refractivity contribution is -0.141. The summed E-state index contributed by atoms with van der Waals surface area (Å²) in [5.74, 6) is -4.51. The number of alkyl halides is 1. The fourth-order valence-electron chi connectivity index (χ4n) is 2.00. The van der Waals surface area contributed by atoms with Gasteiger partial charge in [0.05, 0.1) is 0 Å². The van der Waals surface area contributed by atoms with Crippen molar-refractivity contribution in [2.45, 2.75) is 12.5 Å². The van der Waals surface area contributed by atoms with Gasteiger partial charge in [-0.05, 0) is 11.6 Å². The van der Waals surface area contributed by atoms with Gasteiger partial charge in [-0.25, -0.2) is 18.0 Å². The average molecular weight is 300 g/mol. The normalized spacial score (nSPS) is 12.3. The smallest absolute Gasteiger partial charge is 0.326 e. The first kappa shape index (κ1) is 14.9. The number of aromatic nitrogens is 1. The van der Waals surface area contributed by atoms with Gasteiger partial charge >= 0.3 is 5.97 Å². The standard InChI is InChI=1S/C13H11F3N2O3/c14-4-12(19)18-11(13(20)21)1-6-5-17-10-3-9(16)8(15)2-7(6)10/h2-3,5,11,17H,1,4H2,(H,18,19)(H,20,21). The van der Waals surface area contributed by atoms with Crippen molar-refractivity contribution in [3.05, 3.63) is 35.5 Å². The van der Waals surface area contributed by atoms with E-state index >= 15 is 0 Å². The van der Waals surface area contributed by atoms with E-state index in [0.717, 1.165) is 12.1 Å². The van der Waals surface area contributed by atoms with Gasteiger partial charge in [-0.3, -0.25) is 4.79 Å². The van der Waals surface area contributed by atoms with Crippen molar-refractivity contribution in [3.8, 4) is 0 Å². The highest BCUT2D eigenvalue weighted by Crippen LogP contribution is 2.22. The van der Waals surface area contributed by atoms with Crippen LogP contribution < -0.4 is 5.32 Å². The Morgan fingerprint density at radius 2 is 1.95 bits per heavy atom. The van der Waals surface area contributed by atoms with Crippen LogP contribution >= 0.6 is 0 Å². The Bertz CT molecular complexity index is 699. The molecule has 1 heterocycles. The minimum atomic E-state index is -1.36. The molecule has 5 nitrogen and oxygen atoms in total. The highest BCUT2D eigenvalue weighted by atomic mass is 19.2. The van der Waals surface area contributed by atoms with Gasteiger partial charge in [0.15, 0.2) is 18.3 Å². The Morgan fingerprint density at radius 1 is 1.29 bits per heavy atom. The topological polar surface area (TPSA) is 82.2 Å². The summed E-state index contributed by atoms with van der Waals surface area (Å²) < 4.78 is 38.5. The average Bonchev–Trinajstić information content (AvgIpc) is 2.80. The van der Waals surface area contributed by atoms with Crippen LogP contribution in [0.5, 0.6) is 0 Å². The molecule has 112 valence electrons. The third kappa shape index (κ3) is 3.15. The maximum absolute atomic E-state index is 13.2. The molecule has 0 radical (unpaired) electrons. The minimum absolute atomic E-state index is 0.188. The lowest BCUT2D eigenvalue weighted by Gasteiger charge is -2.12. The summed E-state index contributed by atoms with van der Waals surface area (Å²) in [6.45, 7) is -1.34. The lowest BCUT2D eigenvalue weighted by atomic mass is 10.0. The van der Waals surface area contributed by atoms with Crippen molar-refractivity contribution in [3.63, 3.8) is 0 Å². The second-order valence-electron chi connectivity index (χ2n) is 4.42. The number of carbonyl (C=O) groups is 2. The van der Waals surface area contributed by atoms with E-state index < -0.39 is 36.2 Å². The highest BCUT2D eigenvalue weighted by Gasteiger charge is 2.22. The number of fused-ring (bicyclic) bond motifs is 1. The zero-order valence-electron chi connectivity index (χ0n) is 10.6. The first-order valence-electron chi connectivity index (χ1n) is 5.95. The molecule has 0 bridgehead atoms. The number of hydrogen-bond donors (Lipinski definition) is 3. The van der Waals surface area contributed by atoms with Crippen molar-refractivity contribution in [1.29, 1.82) is 0 Å². The van der Waals surface area contributed by atoms with E-state index in [1.165, 1.54) is 6.20 Å². The molecule has 8 heteroatoms. The van der Waals surface area contributed by atoms with Crippen molar-refractivity contribution in [2.75, 3.05) is 6.67 Å². The molecule has 0 aliphatic rings. The van der Waals surface area contributed by atoms with E-state index in [1.807, 2.05) is 5.32 Å². The van der Waals surface area contributed by atoms with E-state index in [-0.39, 0.29) is 6.42 Å². The van der Waals surface area contributed by atoms with Crippen LogP contribution in [0.15, 0.2) is 18.3 Å². The van der Waals surface area contributed by atoms with Crippen LogP contribution in [0.3, 0.4) is 0 Å². The number of H-pyrrole nitrogens is 1. The van der Waals surface area contributed by atoms with E-state index in [0.29, 0.717) is 16.5 Å². The number of halogens is 3. The fourth-order valence-corrected chi connectivity index (χ4v) is 2.00. The molecule has 2 rings (SSSR count). The van der Waals surface area contributed by atoms with Crippen LogP contribution in [0.2, 0.25) is 0 Å². The number of carboxylic acids is 1. The first-order chi connectivity index (χ1) is 9.92. The van der Waals surface area contributed by atoms with Gasteiger partial charge in [0.2, 0.25) is 0 Å². The second kappa shape index (κ2) is 5.86. The second-order valence-corrected chi connectivity index (χ2v) is 4.42. The van der Waals surface area contributed by atoms with Gasteiger partial charge in [-0.1, -0.05) is 0 Å². The van der Waals surface area contributed by atoms with Crippen molar-refractivity contribution >= 4 is 22.8 Å². The number of hydrogen-bond acceptors (Lipinski definition) is 2. The maximum atomic E-state index is 13.2. The number of rotatable bonds is 5. The molecule has 1 unspecified atom stereocenters. The highest BCUT2D eigenvalue weighted by molar-refractivity contribution is 5.87. The number of carbonyl (C=O) groups excluding carboxylic acids is 1. The molecule has 0 aliphatic carbocycles. The molecule has 0 saturated carbocycles. The van der Waals surface area contributed by atoms with Crippen LogP contribution in [-0.2, 0) is 16.0 Å². The number of carboxylic acid groups (broad SMARTS) is 1. The van der Waals surface area contributed by atoms with Crippen molar-refractivity contribution < 1.29 is 27.9 Å². The molecule has 1 aromatic carbocycles. The Morgan fingerprint density at radius 3 is 2.57 bits per heavy atom. The number of aromatic amines is 1. The van der Waals surface area contributed by atoms with Crippen LogP contribution in [-0.4, -0.2) is 34.7 Å². The predicted molar refractivity (Wildman–Crippen MR) is 67.5 cm³/mol. The molecular weight excluding hydrogens is 289 g/mol. The molecular formula is C13H11F3N2O3. The molecule has 1 amide bonds. The SMILES string of the molecule is O=C(CF)NC(Cc1c[nH]c2cc(F)c(F)cc12)C(=O)O. The Balaban J connectivity index is 2.30. The zero-order valence-corrected chi connectivity index (χ0v) is 10.6. The first-order valence-corrected chi connectivity index (χ1v) is 5.95. The van der Waals surface area contributed by atoms with E-state index in [4.69, 9.17) is 5.11 Å². The number of benzene rings is 1. The van der Waals surface area contributed by atoms with Gasteiger partial charge in [-0.2, -0.15) is 0 Å². The minimum Gasteiger partial charge on any atom is -0.480 e. The monoisotopic (exact) mass is 300 g/mol. The third-order valence-electron chi connectivity index (χ3n) is 2.99. The number of amides is 1. The molecule has 0 fully saturated rings. The van der Waals surface area contributed by atoms with E-state index in [9.17, 15) is 22.8 Å². The Labute approximate surface area is 116 Å². The molecule has 0 spiro atoms. The molecule has 0 saturated heterocycles. The zero-order chi connectivity index (χ0) is 15.6. The van der Waals surface area contributed by atoms with Gasteiger partial charge < -0.3 is 15.4 Å². The van der Waals surface area contributed by atoms with Crippen LogP contribution in [0.1, 0.15) is 5.56 Å². The summed E-state index contributed by atoms with van der Waals surface area (Å²) in [4.78, 5) is 24.7. The molecule has 1 aromatic heterocycles. The van der Waals surface area contributed by atoms with Crippen LogP contribution in [0, 0.1) is 11.6 Å².